The molecule has 7 N–H and O–H groups in total. The van der Waals surface area contributed by atoms with Crippen LogP contribution in [0.3, 0.4) is 0 Å². The van der Waals surface area contributed by atoms with Crippen molar-refractivity contribution in [3.05, 3.63) is 42.0 Å². The highest BCUT2D eigenvalue weighted by Gasteiger charge is 2.36. The van der Waals surface area contributed by atoms with Crippen molar-refractivity contribution in [2.24, 2.45) is 17.1 Å². The van der Waals surface area contributed by atoms with Crippen molar-refractivity contribution in [1.82, 2.24) is 20.9 Å². The Morgan fingerprint density at radius 1 is 0.958 bits per heavy atom. The Morgan fingerprint density at radius 2 is 1.56 bits per heavy atom. The number of primary amides is 1. The summed E-state index contributed by atoms with van der Waals surface area (Å²) in [5, 5.41) is 8.89. The van der Waals surface area contributed by atoms with Crippen molar-refractivity contribution >= 4 is 51.4 Å². The number of imide groups is 1. The van der Waals surface area contributed by atoms with Crippen LogP contribution in [-0.4, -0.2) is 90.5 Å². The van der Waals surface area contributed by atoms with E-state index in [1.807, 2.05) is 0 Å². The Bertz CT molecular complexity index is 1450. The summed E-state index contributed by atoms with van der Waals surface area (Å²) in [6.07, 6.45) is 2.22. The van der Waals surface area contributed by atoms with Crippen molar-refractivity contribution in [2.45, 2.75) is 77.8 Å². The molecule has 0 spiro atoms. The second-order valence-corrected chi connectivity index (χ2v) is 14.3. The fraction of sp³-hybridized carbons (Fsp3) is 0.548. The largest absolute Gasteiger partial charge is 0.460 e. The summed E-state index contributed by atoms with van der Waals surface area (Å²) in [4.78, 5) is 74.1. The number of nitrogens with one attached hydrogen (secondary N) is 4. The van der Waals surface area contributed by atoms with E-state index in [-0.39, 0.29) is 25.7 Å². The normalized spacial score (nSPS) is 15.1. The van der Waals surface area contributed by atoms with E-state index in [1.54, 1.807) is 58.9 Å². The van der Waals surface area contributed by atoms with Crippen molar-refractivity contribution in [1.29, 1.82) is 0 Å². The van der Waals surface area contributed by atoms with Crippen LogP contribution in [0.15, 0.2) is 36.4 Å². The maximum Gasteiger partial charge on any atom is 0.312 e. The molecule has 1 aliphatic heterocycles. The van der Waals surface area contributed by atoms with Gasteiger partial charge in [0.1, 0.15) is 12.6 Å². The van der Waals surface area contributed by atoms with Crippen molar-refractivity contribution in [3.8, 4) is 0 Å². The van der Waals surface area contributed by atoms with Crippen LogP contribution in [0.5, 0.6) is 0 Å². The van der Waals surface area contributed by atoms with Crippen LogP contribution in [0.25, 0.3) is 0 Å². The number of rotatable bonds is 18. The Kier molecular flexibility index (Phi) is 14.5. The average Bonchev–Trinajstić information content (AvgIpc) is 3.30. The monoisotopic (exact) mass is 694 g/mol. The number of esters is 1. The van der Waals surface area contributed by atoms with Crippen molar-refractivity contribution in [3.63, 3.8) is 0 Å². The number of nitrogens with zero attached hydrogens (tertiary/aromatic N) is 1. The number of carbonyl (C=O) groups excluding carboxylic acids is 6. The van der Waals surface area contributed by atoms with Crippen LogP contribution >= 0.6 is 0 Å². The molecule has 48 heavy (non-hydrogen) atoms. The molecule has 1 aromatic rings. The molecular weight excluding hydrogens is 648 g/mol. The van der Waals surface area contributed by atoms with E-state index in [2.05, 4.69) is 21.3 Å². The molecule has 2 rings (SSSR count). The third-order valence-electron chi connectivity index (χ3n) is 7.28. The number of ether oxygens (including phenoxy) is 1. The molecule has 1 heterocycles. The van der Waals surface area contributed by atoms with E-state index in [1.165, 1.54) is 0 Å². The Balaban J connectivity index is 2.10. The molecule has 0 unspecified atom stereocenters. The molecule has 1 aliphatic rings. The quantitative estimate of drug-likeness (QED) is 0.0544. The lowest BCUT2D eigenvalue weighted by Gasteiger charge is -2.27. The predicted octanol–water partition coefficient (Wildman–Crippen LogP) is 0.833. The standard InChI is InChI=1S/C31H46N6O10S/c1-19(2)26(36-27(40)23(48(44,45)46)14-16-37-24(38)12-13-25(37)39)28(41)35-22(7-6-15-33-30(32)43)17-34-21-10-8-20(9-11-21)18-47-29(42)31(3,4)5/h8-13,19,22-23,26,34H,6-7,14-18H2,1-5H3,(H,35,41)(H,36,40)(H3,32,33,43)(H,44,45,46)/t22-,23+,26-/m0/s1. The molecule has 0 aliphatic carbocycles. The van der Waals surface area contributed by atoms with E-state index in [4.69, 9.17) is 10.5 Å². The van der Waals surface area contributed by atoms with Gasteiger partial charge < -0.3 is 31.7 Å². The Morgan fingerprint density at radius 3 is 2.08 bits per heavy atom. The summed E-state index contributed by atoms with van der Waals surface area (Å²) >= 11 is 0. The first kappa shape index (κ1) is 39.7. The van der Waals surface area contributed by atoms with E-state index in [9.17, 15) is 41.7 Å². The molecule has 0 fully saturated rings. The number of anilines is 1. The minimum Gasteiger partial charge on any atom is -0.460 e. The van der Waals surface area contributed by atoms with Crippen LogP contribution in [0.4, 0.5) is 10.5 Å². The van der Waals surface area contributed by atoms with E-state index >= 15 is 0 Å². The third-order valence-corrected chi connectivity index (χ3v) is 8.45. The SMILES string of the molecule is CC(C)[C@H](NC(=O)[C@@H](CCN1C(=O)C=CC1=O)S(=O)(=O)O)C(=O)N[C@@H](CCCNC(N)=O)CNc1ccc(COC(=O)C(C)(C)C)cc1. The molecule has 6 amide bonds. The first-order valence-electron chi connectivity index (χ1n) is 15.4. The molecule has 0 saturated heterocycles. The van der Waals surface area contributed by atoms with Gasteiger partial charge in [-0.25, -0.2) is 4.79 Å². The van der Waals surface area contributed by atoms with Crippen molar-refractivity contribution in [2.75, 3.05) is 25.0 Å². The molecule has 0 aromatic heterocycles. The van der Waals surface area contributed by atoms with Gasteiger partial charge in [0.2, 0.25) is 11.8 Å². The topological polar surface area (TPSA) is 243 Å². The first-order valence-corrected chi connectivity index (χ1v) is 16.9. The number of benzene rings is 1. The Hall–Kier alpha value is -4.51. The maximum absolute atomic E-state index is 13.4. The highest BCUT2D eigenvalue weighted by molar-refractivity contribution is 7.87. The number of nitrogens with two attached hydrogens (primary N) is 1. The zero-order valence-corrected chi connectivity index (χ0v) is 28.6. The van der Waals surface area contributed by atoms with Crippen LogP contribution < -0.4 is 27.0 Å². The van der Waals surface area contributed by atoms with Crippen LogP contribution in [0.2, 0.25) is 0 Å². The second-order valence-electron chi connectivity index (χ2n) is 12.7. The maximum atomic E-state index is 13.4. The fourth-order valence-corrected chi connectivity index (χ4v) is 5.24. The minimum atomic E-state index is -4.98. The van der Waals surface area contributed by atoms with Gasteiger partial charge in [0.05, 0.1) is 5.41 Å². The lowest BCUT2D eigenvalue weighted by Crippen LogP contribution is -2.56. The lowest BCUT2D eigenvalue weighted by molar-refractivity contribution is -0.154. The highest BCUT2D eigenvalue weighted by atomic mass is 32.2. The molecule has 266 valence electrons. The van der Waals surface area contributed by atoms with Gasteiger partial charge in [-0.2, -0.15) is 8.42 Å². The smallest absolute Gasteiger partial charge is 0.312 e. The number of amides is 6. The molecular formula is C31H46N6O10S. The van der Waals surface area contributed by atoms with Crippen LogP contribution in [-0.2, 0) is 45.4 Å². The van der Waals surface area contributed by atoms with Gasteiger partial charge in [0.25, 0.3) is 21.9 Å². The number of hydrogen-bond acceptors (Lipinski definition) is 10. The number of hydrogen-bond donors (Lipinski definition) is 6. The van der Waals surface area contributed by atoms with Gasteiger partial charge in [-0.3, -0.25) is 33.4 Å². The summed E-state index contributed by atoms with van der Waals surface area (Å²) in [6, 6.07) is 4.66. The zero-order valence-electron chi connectivity index (χ0n) is 27.8. The summed E-state index contributed by atoms with van der Waals surface area (Å²) in [7, 11) is -4.98. The summed E-state index contributed by atoms with van der Waals surface area (Å²) in [5.74, 6) is -4.02. The predicted molar refractivity (Wildman–Crippen MR) is 176 cm³/mol. The lowest BCUT2D eigenvalue weighted by atomic mass is 9.97. The Labute approximate surface area is 280 Å². The zero-order chi connectivity index (χ0) is 36.2. The summed E-state index contributed by atoms with van der Waals surface area (Å²) < 4.78 is 39.3. The summed E-state index contributed by atoms with van der Waals surface area (Å²) in [6.45, 7) is 8.66. The van der Waals surface area contributed by atoms with E-state index in [0.717, 1.165) is 22.6 Å². The number of carbonyl (C=O) groups is 6. The molecule has 0 radical (unpaired) electrons. The van der Waals surface area contributed by atoms with Gasteiger partial charge in [-0.15, -0.1) is 0 Å². The molecule has 0 saturated carbocycles. The molecule has 1 aromatic carbocycles. The molecule has 16 nitrogen and oxygen atoms in total. The van der Waals surface area contributed by atoms with Gasteiger partial charge in [0, 0.05) is 43.5 Å². The van der Waals surface area contributed by atoms with Gasteiger partial charge in [-0.05, 0) is 63.6 Å². The molecule has 3 atom stereocenters. The summed E-state index contributed by atoms with van der Waals surface area (Å²) in [5.41, 5.74) is 5.99. The fourth-order valence-electron chi connectivity index (χ4n) is 4.50. The second kappa shape index (κ2) is 17.6. The minimum absolute atomic E-state index is 0.106. The third kappa shape index (κ3) is 12.9. The van der Waals surface area contributed by atoms with Crippen LogP contribution in [0.1, 0.15) is 59.4 Å². The van der Waals surface area contributed by atoms with Crippen LogP contribution in [0, 0.1) is 11.3 Å². The average molecular weight is 695 g/mol. The van der Waals surface area contributed by atoms with Gasteiger partial charge in [0.15, 0.2) is 5.25 Å². The first-order chi connectivity index (χ1) is 22.3. The van der Waals surface area contributed by atoms with Gasteiger partial charge in [-0.1, -0.05) is 26.0 Å². The van der Waals surface area contributed by atoms with Crippen molar-refractivity contribution < 1.29 is 46.5 Å². The number of urea groups is 1. The van der Waals surface area contributed by atoms with Gasteiger partial charge >= 0.3 is 12.0 Å². The highest BCUT2D eigenvalue weighted by Crippen LogP contribution is 2.18. The molecule has 17 heteroatoms. The van der Waals surface area contributed by atoms with E-state index in [0.29, 0.717) is 18.5 Å². The van der Waals surface area contributed by atoms with E-state index < -0.39 is 81.4 Å². The molecule has 0 bridgehead atoms.